The molecule has 3 heterocycles. The van der Waals surface area contributed by atoms with Crippen molar-refractivity contribution in [3.8, 4) is 5.75 Å². The van der Waals surface area contributed by atoms with E-state index in [0.717, 1.165) is 39.0 Å². The van der Waals surface area contributed by atoms with E-state index in [0.29, 0.717) is 30.3 Å². The number of halogens is 1. The molecule has 0 spiro atoms. The number of nitrogens with zero attached hydrogens (tertiary/aromatic N) is 5. The Kier molecular flexibility index (Phi) is 5.34. The number of piperidine rings is 1. The number of ether oxygens (including phenoxy) is 1. The molecule has 0 amide bonds. The third-order valence-electron chi connectivity index (χ3n) is 5.41. The van der Waals surface area contributed by atoms with Crippen molar-refractivity contribution in [3.05, 3.63) is 52.6 Å². The predicted octanol–water partition coefficient (Wildman–Crippen LogP) is 2.50. The summed E-state index contributed by atoms with van der Waals surface area (Å²) >= 11 is 0. The molecule has 0 unspecified atom stereocenters. The summed E-state index contributed by atoms with van der Waals surface area (Å²) < 4.78 is 18.8. The molecule has 1 aromatic heterocycles. The highest BCUT2D eigenvalue weighted by Gasteiger charge is 2.33. The van der Waals surface area contributed by atoms with Crippen molar-refractivity contribution in [3.63, 3.8) is 0 Å². The molecule has 1 aromatic carbocycles. The van der Waals surface area contributed by atoms with Gasteiger partial charge in [-0.05, 0) is 18.9 Å². The van der Waals surface area contributed by atoms with Gasteiger partial charge in [-0.1, -0.05) is 6.07 Å². The highest BCUT2D eigenvalue weighted by molar-refractivity contribution is 5.38. The van der Waals surface area contributed by atoms with Crippen LogP contribution in [-0.2, 0) is 0 Å². The van der Waals surface area contributed by atoms with Crippen molar-refractivity contribution in [2.24, 2.45) is 5.92 Å². The van der Waals surface area contributed by atoms with Gasteiger partial charge >= 0.3 is 0 Å². The molecule has 2 fully saturated rings. The molecule has 9 heteroatoms. The van der Waals surface area contributed by atoms with Gasteiger partial charge in [0.05, 0.1) is 30.0 Å². The van der Waals surface area contributed by atoms with Crippen molar-refractivity contribution in [1.82, 2.24) is 14.9 Å². The van der Waals surface area contributed by atoms with Gasteiger partial charge < -0.3 is 9.64 Å². The molecular weight excluding hydrogens is 365 g/mol. The Labute approximate surface area is 162 Å². The second kappa shape index (κ2) is 8.05. The Balaban J connectivity index is 1.30. The molecule has 28 heavy (non-hydrogen) atoms. The SMILES string of the molecule is O=[N+]([O-])c1cccc(OC[C@H]2CC[C@H]3CN(c4ncc(F)cn4)CCN3C2)c1. The molecule has 2 aromatic rings. The fourth-order valence-corrected chi connectivity index (χ4v) is 3.95. The summed E-state index contributed by atoms with van der Waals surface area (Å²) in [6.45, 7) is 4.04. The Morgan fingerprint density at radius 1 is 1.21 bits per heavy atom. The van der Waals surface area contributed by atoms with Gasteiger partial charge in [0.2, 0.25) is 5.95 Å². The van der Waals surface area contributed by atoms with Crippen LogP contribution in [0.15, 0.2) is 36.7 Å². The van der Waals surface area contributed by atoms with E-state index >= 15 is 0 Å². The molecule has 2 saturated heterocycles. The van der Waals surface area contributed by atoms with Crippen molar-refractivity contribution >= 4 is 11.6 Å². The maximum atomic E-state index is 13.0. The summed E-state index contributed by atoms with van der Waals surface area (Å²) in [5, 5.41) is 10.9. The standard InChI is InChI=1S/C19H22FN5O3/c20-15-9-21-19(22-10-15)24-7-6-23-11-14(4-5-17(23)12-24)13-28-18-3-1-2-16(8-18)25(26)27/h1-3,8-10,14,17H,4-7,11-13H2/t14-,17-/m0/s1. The third kappa shape index (κ3) is 4.19. The number of hydrogen-bond donors (Lipinski definition) is 0. The maximum absolute atomic E-state index is 13.0. The molecule has 0 aliphatic carbocycles. The van der Waals surface area contributed by atoms with Gasteiger partial charge in [0.1, 0.15) is 5.75 Å². The lowest BCUT2D eigenvalue weighted by Gasteiger charge is -2.46. The van der Waals surface area contributed by atoms with Crippen LogP contribution in [0.2, 0.25) is 0 Å². The Morgan fingerprint density at radius 2 is 2.04 bits per heavy atom. The van der Waals surface area contributed by atoms with Crippen molar-refractivity contribution in [2.45, 2.75) is 18.9 Å². The van der Waals surface area contributed by atoms with E-state index in [1.165, 1.54) is 24.5 Å². The number of benzene rings is 1. The average molecular weight is 387 g/mol. The summed E-state index contributed by atoms with van der Waals surface area (Å²) in [6, 6.07) is 6.74. The summed E-state index contributed by atoms with van der Waals surface area (Å²) in [6.07, 6.45) is 4.49. The Bertz CT molecular complexity index is 835. The first-order valence-corrected chi connectivity index (χ1v) is 9.42. The molecule has 0 saturated carbocycles. The Morgan fingerprint density at radius 3 is 2.82 bits per heavy atom. The molecule has 0 N–H and O–H groups in total. The quantitative estimate of drug-likeness (QED) is 0.576. The van der Waals surface area contributed by atoms with Gasteiger partial charge in [0.15, 0.2) is 5.82 Å². The van der Waals surface area contributed by atoms with E-state index in [1.807, 2.05) is 0 Å². The lowest BCUT2D eigenvalue weighted by molar-refractivity contribution is -0.384. The number of nitro benzene ring substituents is 1. The molecule has 4 rings (SSSR count). The van der Waals surface area contributed by atoms with Crippen LogP contribution in [0.3, 0.4) is 0 Å². The monoisotopic (exact) mass is 387 g/mol. The summed E-state index contributed by atoms with van der Waals surface area (Å²) in [7, 11) is 0. The van der Waals surface area contributed by atoms with Gasteiger partial charge in [-0.15, -0.1) is 0 Å². The number of hydrogen-bond acceptors (Lipinski definition) is 7. The van der Waals surface area contributed by atoms with E-state index in [-0.39, 0.29) is 5.69 Å². The first kappa shape index (κ1) is 18.5. The highest BCUT2D eigenvalue weighted by Crippen LogP contribution is 2.27. The van der Waals surface area contributed by atoms with Crippen molar-refractivity contribution < 1.29 is 14.1 Å². The van der Waals surface area contributed by atoms with Crippen molar-refractivity contribution in [2.75, 3.05) is 37.7 Å². The zero-order chi connectivity index (χ0) is 19.5. The van der Waals surface area contributed by atoms with Crippen LogP contribution in [0, 0.1) is 21.8 Å². The molecule has 2 aliphatic rings. The minimum atomic E-state index is -0.424. The second-order valence-corrected chi connectivity index (χ2v) is 7.30. The summed E-state index contributed by atoms with van der Waals surface area (Å²) in [5.41, 5.74) is 0.0420. The molecule has 8 nitrogen and oxygen atoms in total. The zero-order valence-corrected chi connectivity index (χ0v) is 15.4. The first-order chi connectivity index (χ1) is 13.6. The lowest BCUT2D eigenvalue weighted by atomic mass is 9.91. The minimum Gasteiger partial charge on any atom is -0.493 e. The van der Waals surface area contributed by atoms with E-state index in [4.69, 9.17) is 4.74 Å². The maximum Gasteiger partial charge on any atom is 0.273 e. The molecule has 2 atom stereocenters. The summed E-state index contributed by atoms with van der Waals surface area (Å²) in [4.78, 5) is 23.2. The number of fused-ring (bicyclic) bond motifs is 1. The minimum absolute atomic E-state index is 0.0420. The van der Waals surface area contributed by atoms with Crippen LogP contribution in [0.5, 0.6) is 5.75 Å². The van der Waals surface area contributed by atoms with Crippen LogP contribution in [0.4, 0.5) is 16.0 Å². The second-order valence-electron chi connectivity index (χ2n) is 7.30. The normalized spacial score (nSPS) is 22.5. The topological polar surface area (TPSA) is 84.6 Å². The number of aromatic nitrogens is 2. The molecule has 2 aliphatic heterocycles. The average Bonchev–Trinajstić information content (AvgIpc) is 2.72. The predicted molar refractivity (Wildman–Crippen MR) is 101 cm³/mol. The number of nitro groups is 1. The highest BCUT2D eigenvalue weighted by atomic mass is 19.1. The van der Waals surface area contributed by atoms with E-state index < -0.39 is 10.7 Å². The number of piperazine rings is 1. The van der Waals surface area contributed by atoms with Crippen LogP contribution < -0.4 is 9.64 Å². The number of non-ortho nitro benzene ring substituents is 1. The largest absolute Gasteiger partial charge is 0.493 e. The molecule has 0 bridgehead atoms. The smallest absolute Gasteiger partial charge is 0.273 e. The number of rotatable bonds is 5. The fourth-order valence-electron chi connectivity index (χ4n) is 3.95. The van der Waals surface area contributed by atoms with Gasteiger partial charge in [0, 0.05) is 44.2 Å². The van der Waals surface area contributed by atoms with E-state index in [9.17, 15) is 14.5 Å². The number of anilines is 1. The zero-order valence-electron chi connectivity index (χ0n) is 15.4. The summed E-state index contributed by atoms with van der Waals surface area (Å²) in [5.74, 6) is 1.09. The molecular formula is C19H22FN5O3. The molecule has 0 radical (unpaired) electrons. The fraction of sp³-hybridized carbons (Fsp3) is 0.474. The first-order valence-electron chi connectivity index (χ1n) is 9.42. The van der Waals surface area contributed by atoms with Crippen LogP contribution in [0.25, 0.3) is 0 Å². The van der Waals surface area contributed by atoms with Crippen molar-refractivity contribution in [1.29, 1.82) is 0 Å². The van der Waals surface area contributed by atoms with Gasteiger partial charge in [-0.3, -0.25) is 15.0 Å². The van der Waals surface area contributed by atoms with E-state index in [2.05, 4.69) is 19.8 Å². The van der Waals surface area contributed by atoms with Crippen LogP contribution in [0.1, 0.15) is 12.8 Å². The van der Waals surface area contributed by atoms with E-state index in [1.54, 1.807) is 12.1 Å². The van der Waals surface area contributed by atoms with Gasteiger partial charge in [0.25, 0.3) is 5.69 Å². The lowest BCUT2D eigenvalue weighted by Crippen LogP contribution is -2.57. The Hall–Kier alpha value is -2.81. The van der Waals surface area contributed by atoms with Crippen LogP contribution >= 0.6 is 0 Å². The van der Waals surface area contributed by atoms with Gasteiger partial charge in [-0.25, -0.2) is 14.4 Å². The third-order valence-corrected chi connectivity index (χ3v) is 5.41. The molecule has 148 valence electrons. The van der Waals surface area contributed by atoms with Gasteiger partial charge in [-0.2, -0.15) is 0 Å². The van der Waals surface area contributed by atoms with Crippen LogP contribution in [-0.4, -0.2) is 58.6 Å².